The molecular weight excluding hydrogens is 226 g/mol. The monoisotopic (exact) mass is 245 g/mol. The molecule has 2 atom stereocenters. The molecule has 0 fully saturated rings. The number of aliphatic hydroxyl groups excluding tert-OH is 1. The van der Waals surface area contributed by atoms with Gasteiger partial charge in [0, 0.05) is 12.1 Å². The molecule has 4 heteroatoms. The highest BCUT2D eigenvalue weighted by Crippen LogP contribution is 2.20. The van der Waals surface area contributed by atoms with Crippen molar-refractivity contribution in [3.05, 3.63) is 48.3 Å². The molecule has 2 unspecified atom stereocenters. The Labute approximate surface area is 107 Å². The van der Waals surface area contributed by atoms with Crippen molar-refractivity contribution in [2.24, 2.45) is 5.73 Å². The summed E-state index contributed by atoms with van der Waals surface area (Å²) in [5, 5.41) is 13.8. The normalized spacial score (nSPS) is 14.4. The first kappa shape index (κ1) is 12.8. The molecule has 0 bridgehead atoms. The Morgan fingerprint density at radius 3 is 2.67 bits per heavy atom. The minimum Gasteiger partial charge on any atom is -0.393 e. The average Bonchev–Trinajstić information content (AvgIpc) is 2.86. The Kier molecular flexibility index (Phi) is 4.12. The SMILES string of the molecule is CC(O)CC(CN)c1cnn(-c2ccccc2)c1. The zero-order valence-corrected chi connectivity index (χ0v) is 10.5. The first-order valence-electron chi connectivity index (χ1n) is 6.19. The summed E-state index contributed by atoms with van der Waals surface area (Å²) in [6.07, 6.45) is 4.12. The highest BCUT2D eigenvalue weighted by molar-refractivity contribution is 5.31. The van der Waals surface area contributed by atoms with Gasteiger partial charge >= 0.3 is 0 Å². The molecule has 0 aliphatic rings. The summed E-state index contributed by atoms with van der Waals surface area (Å²) >= 11 is 0. The molecule has 1 heterocycles. The highest BCUT2D eigenvalue weighted by atomic mass is 16.3. The molecule has 3 N–H and O–H groups in total. The van der Waals surface area contributed by atoms with Crippen LogP contribution in [0.15, 0.2) is 42.7 Å². The van der Waals surface area contributed by atoms with E-state index in [9.17, 15) is 5.11 Å². The summed E-state index contributed by atoms with van der Waals surface area (Å²) in [6.45, 7) is 2.30. The second kappa shape index (κ2) is 5.80. The molecule has 0 saturated heterocycles. The fourth-order valence-corrected chi connectivity index (χ4v) is 2.05. The molecule has 0 aliphatic heterocycles. The van der Waals surface area contributed by atoms with Gasteiger partial charge in [-0.1, -0.05) is 18.2 Å². The van der Waals surface area contributed by atoms with Crippen LogP contribution in [-0.4, -0.2) is 27.5 Å². The van der Waals surface area contributed by atoms with Crippen LogP contribution in [0.1, 0.15) is 24.8 Å². The van der Waals surface area contributed by atoms with E-state index in [0.717, 1.165) is 11.3 Å². The fraction of sp³-hybridized carbons (Fsp3) is 0.357. The molecule has 0 amide bonds. The van der Waals surface area contributed by atoms with E-state index in [4.69, 9.17) is 5.73 Å². The van der Waals surface area contributed by atoms with Crippen LogP contribution in [0.4, 0.5) is 0 Å². The van der Waals surface area contributed by atoms with E-state index in [1.165, 1.54) is 0 Å². The Balaban J connectivity index is 2.19. The third kappa shape index (κ3) is 2.97. The molecule has 0 saturated carbocycles. The second-order valence-corrected chi connectivity index (χ2v) is 4.57. The molecule has 1 aromatic heterocycles. The van der Waals surface area contributed by atoms with Crippen LogP contribution in [0.2, 0.25) is 0 Å². The van der Waals surface area contributed by atoms with Gasteiger partial charge in [0.05, 0.1) is 18.0 Å². The molecule has 0 spiro atoms. The maximum atomic E-state index is 9.46. The van der Waals surface area contributed by atoms with E-state index in [1.54, 1.807) is 6.92 Å². The molecule has 18 heavy (non-hydrogen) atoms. The van der Waals surface area contributed by atoms with Crippen LogP contribution < -0.4 is 5.73 Å². The van der Waals surface area contributed by atoms with Crippen LogP contribution in [0, 0.1) is 0 Å². The Bertz CT molecular complexity index is 479. The van der Waals surface area contributed by atoms with Crippen LogP contribution in [0.3, 0.4) is 0 Å². The van der Waals surface area contributed by atoms with Crippen molar-refractivity contribution in [1.82, 2.24) is 9.78 Å². The summed E-state index contributed by atoms with van der Waals surface area (Å²) in [6, 6.07) is 9.94. The zero-order chi connectivity index (χ0) is 13.0. The Morgan fingerprint density at radius 1 is 1.33 bits per heavy atom. The summed E-state index contributed by atoms with van der Waals surface area (Å²) in [4.78, 5) is 0. The van der Waals surface area contributed by atoms with Gasteiger partial charge in [0.1, 0.15) is 0 Å². The quantitative estimate of drug-likeness (QED) is 0.842. The number of aliphatic hydroxyl groups is 1. The van der Waals surface area contributed by atoms with Crippen molar-refractivity contribution < 1.29 is 5.11 Å². The molecule has 0 aliphatic carbocycles. The fourth-order valence-electron chi connectivity index (χ4n) is 2.05. The number of aromatic nitrogens is 2. The molecular formula is C14H19N3O. The smallest absolute Gasteiger partial charge is 0.0645 e. The largest absolute Gasteiger partial charge is 0.393 e. The summed E-state index contributed by atoms with van der Waals surface area (Å²) in [5.41, 5.74) is 7.85. The number of nitrogens with two attached hydrogens (primary N) is 1. The molecule has 2 rings (SSSR count). The predicted octanol–water partition coefficient (Wildman–Crippen LogP) is 1.69. The Morgan fingerprint density at radius 2 is 2.06 bits per heavy atom. The van der Waals surface area contributed by atoms with Crippen molar-refractivity contribution in [2.75, 3.05) is 6.54 Å². The average molecular weight is 245 g/mol. The van der Waals surface area contributed by atoms with E-state index in [1.807, 2.05) is 47.4 Å². The molecule has 2 aromatic rings. The van der Waals surface area contributed by atoms with Gasteiger partial charge in [0.15, 0.2) is 0 Å². The molecule has 96 valence electrons. The van der Waals surface area contributed by atoms with Crippen molar-refractivity contribution in [3.8, 4) is 5.69 Å². The van der Waals surface area contributed by atoms with Crippen molar-refractivity contribution in [3.63, 3.8) is 0 Å². The van der Waals surface area contributed by atoms with Crippen molar-refractivity contribution in [1.29, 1.82) is 0 Å². The maximum Gasteiger partial charge on any atom is 0.0645 e. The Hall–Kier alpha value is -1.65. The van der Waals surface area contributed by atoms with Gasteiger partial charge < -0.3 is 10.8 Å². The van der Waals surface area contributed by atoms with Gasteiger partial charge in [-0.05, 0) is 37.6 Å². The van der Waals surface area contributed by atoms with Gasteiger partial charge in [-0.25, -0.2) is 4.68 Å². The molecule has 4 nitrogen and oxygen atoms in total. The van der Waals surface area contributed by atoms with Crippen molar-refractivity contribution in [2.45, 2.75) is 25.4 Å². The number of nitrogens with zero attached hydrogens (tertiary/aromatic N) is 2. The summed E-state index contributed by atoms with van der Waals surface area (Å²) < 4.78 is 1.83. The minimum atomic E-state index is -0.348. The van der Waals surface area contributed by atoms with Crippen molar-refractivity contribution >= 4 is 0 Å². The number of hydrogen-bond acceptors (Lipinski definition) is 3. The third-order valence-electron chi connectivity index (χ3n) is 3.00. The van der Waals surface area contributed by atoms with E-state index in [-0.39, 0.29) is 12.0 Å². The van der Waals surface area contributed by atoms with Gasteiger partial charge in [-0.3, -0.25) is 0 Å². The summed E-state index contributed by atoms with van der Waals surface area (Å²) in [7, 11) is 0. The van der Waals surface area contributed by atoms with Crippen LogP contribution >= 0.6 is 0 Å². The number of rotatable bonds is 5. The van der Waals surface area contributed by atoms with E-state index < -0.39 is 0 Å². The van der Waals surface area contributed by atoms with Crippen LogP contribution in [-0.2, 0) is 0 Å². The predicted molar refractivity (Wildman–Crippen MR) is 71.7 cm³/mol. The van der Waals surface area contributed by atoms with E-state index >= 15 is 0 Å². The van der Waals surface area contributed by atoms with E-state index in [2.05, 4.69) is 5.10 Å². The number of hydrogen-bond donors (Lipinski definition) is 2. The van der Waals surface area contributed by atoms with Crippen LogP contribution in [0.5, 0.6) is 0 Å². The third-order valence-corrected chi connectivity index (χ3v) is 3.00. The molecule has 1 aromatic carbocycles. The minimum absolute atomic E-state index is 0.155. The summed E-state index contributed by atoms with van der Waals surface area (Å²) in [5.74, 6) is 0.155. The zero-order valence-electron chi connectivity index (χ0n) is 10.5. The highest BCUT2D eigenvalue weighted by Gasteiger charge is 2.14. The van der Waals surface area contributed by atoms with Gasteiger partial charge in [-0.2, -0.15) is 5.10 Å². The van der Waals surface area contributed by atoms with E-state index in [0.29, 0.717) is 13.0 Å². The number of benzene rings is 1. The van der Waals surface area contributed by atoms with Gasteiger partial charge in [0.2, 0.25) is 0 Å². The van der Waals surface area contributed by atoms with Gasteiger partial charge in [-0.15, -0.1) is 0 Å². The topological polar surface area (TPSA) is 64.1 Å². The first-order chi connectivity index (χ1) is 8.70. The second-order valence-electron chi connectivity index (χ2n) is 4.57. The van der Waals surface area contributed by atoms with Crippen LogP contribution in [0.25, 0.3) is 5.69 Å². The lowest BCUT2D eigenvalue weighted by Gasteiger charge is -2.14. The lowest BCUT2D eigenvalue weighted by molar-refractivity contribution is 0.175. The maximum absolute atomic E-state index is 9.46. The number of para-hydroxylation sites is 1. The lowest BCUT2D eigenvalue weighted by atomic mass is 9.96. The first-order valence-corrected chi connectivity index (χ1v) is 6.19. The van der Waals surface area contributed by atoms with Gasteiger partial charge in [0.25, 0.3) is 0 Å². The standard InChI is InChI=1S/C14H19N3O/c1-11(18)7-12(8-15)13-9-16-17(10-13)14-5-3-2-4-6-14/h2-6,9-12,18H,7-8,15H2,1H3. The lowest BCUT2D eigenvalue weighted by Crippen LogP contribution is -2.17. The molecule has 0 radical (unpaired) electrons.